The average Bonchev–Trinajstić information content (AvgIpc) is 2.55. The van der Waals surface area contributed by atoms with Gasteiger partial charge in [-0.2, -0.15) is 0 Å². The molecule has 0 spiro atoms. The molecule has 0 aliphatic rings. The minimum atomic E-state index is -0.214. The lowest BCUT2D eigenvalue weighted by Gasteiger charge is -2.39. The summed E-state index contributed by atoms with van der Waals surface area (Å²) in [5.74, 6) is 0.192. The van der Waals surface area contributed by atoms with E-state index in [1.54, 1.807) is 0 Å². The minimum absolute atomic E-state index is 0.139. The van der Waals surface area contributed by atoms with E-state index in [-0.39, 0.29) is 24.5 Å². The van der Waals surface area contributed by atoms with Crippen LogP contribution < -0.4 is 0 Å². The topological polar surface area (TPSA) is 40.5 Å². The third-order valence-electron chi connectivity index (χ3n) is 4.52. The molecule has 2 rings (SSSR count). The molecule has 0 amide bonds. The number of rotatable bonds is 7. The second-order valence-electron chi connectivity index (χ2n) is 5.66. The molecular weight excluding hydrogens is 260 g/mol. The standard InChI is InChI=1S/C19H24O2/c1-19(16-8-4-2-5-9-16,17-10-6-3-7-11-17)18(12-14-20)13-15-21/h2-11,18,20-21H,12-15H2,1H3. The Labute approximate surface area is 127 Å². The molecule has 0 saturated carbocycles. The number of hydrogen-bond donors (Lipinski definition) is 2. The van der Waals surface area contributed by atoms with E-state index in [1.807, 2.05) is 36.4 Å². The molecule has 0 aliphatic carbocycles. The van der Waals surface area contributed by atoms with Gasteiger partial charge < -0.3 is 10.2 Å². The van der Waals surface area contributed by atoms with E-state index in [9.17, 15) is 10.2 Å². The van der Waals surface area contributed by atoms with E-state index in [4.69, 9.17) is 0 Å². The largest absolute Gasteiger partial charge is 0.396 e. The van der Waals surface area contributed by atoms with Gasteiger partial charge in [0.1, 0.15) is 0 Å². The van der Waals surface area contributed by atoms with Crippen molar-refractivity contribution in [2.24, 2.45) is 5.92 Å². The van der Waals surface area contributed by atoms with Gasteiger partial charge in [0.2, 0.25) is 0 Å². The van der Waals surface area contributed by atoms with Gasteiger partial charge in [-0.15, -0.1) is 0 Å². The SMILES string of the molecule is CC(c1ccccc1)(c1ccccc1)C(CCO)CCO. The van der Waals surface area contributed by atoms with Crippen molar-refractivity contribution in [3.05, 3.63) is 71.8 Å². The molecule has 0 fully saturated rings. The Morgan fingerprint density at radius 1 is 0.762 bits per heavy atom. The molecule has 2 nitrogen and oxygen atoms in total. The Kier molecular flexibility index (Phi) is 5.54. The van der Waals surface area contributed by atoms with E-state index in [1.165, 1.54) is 11.1 Å². The maximum atomic E-state index is 9.44. The molecule has 21 heavy (non-hydrogen) atoms. The Bertz CT molecular complexity index is 476. The fourth-order valence-corrected chi connectivity index (χ4v) is 3.24. The van der Waals surface area contributed by atoms with E-state index in [2.05, 4.69) is 31.2 Å². The molecule has 0 heterocycles. The first-order chi connectivity index (χ1) is 10.2. The second kappa shape index (κ2) is 7.39. The van der Waals surface area contributed by atoms with Gasteiger partial charge in [-0.3, -0.25) is 0 Å². The lowest BCUT2D eigenvalue weighted by molar-refractivity contribution is 0.177. The quantitative estimate of drug-likeness (QED) is 0.818. The number of benzene rings is 2. The van der Waals surface area contributed by atoms with Gasteiger partial charge in [-0.1, -0.05) is 67.6 Å². The zero-order valence-electron chi connectivity index (χ0n) is 12.6. The van der Waals surface area contributed by atoms with Gasteiger partial charge >= 0.3 is 0 Å². The predicted molar refractivity (Wildman–Crippen MR) is 86.2 cm³/mol. The number of aliphatic hydroxyl groups excluding tert-OH is 2. The molecule has 0 saturated heterocycles. The summed E-state index contributed by atoms with van der Waals surface area (Å²) in [5.41, 5.74) is 2.24. The van der Waals surface area contributed by atoms with Crippen molar-refractivity contribution in [1.82, 2.24) is 0 Å². The first kappa shape index (κ1) is 15.7. The van der Waals surface area contributed by atoms with Crippen LogP contribution in [0.1, 0.15) is 30.9 Å². The fraction of sp³-hybridized carbons (Fsp3) is 0.368. The monoisotopic (exact) mass is 284 g/mol. The average molecular weight is 284 g/mol. The molecule has 0 unspecified atom stereocenters. The van der Waals surface area contributed by atoms with Crippen molar-refractivity contribution in [3.63, 3.8) is 0 Å². The summed E-state index contributed by atoms with van der Waals surface area (Å²) < 4.78 is 0. The van der Waals surface area contributed by atoms with Crippen LogP contribution in [0, 0.1) is 5.92 Å². The molecule has 0 aromatic heterocycles. The number of hydrogen-bond acceptors (Lipinski definition) is 2. The zero-order chi connectivity index (χ0) is 15.1. The summed E-state index contributed by atoms with van der Waals surface area (Å²) in [4.78, 5) is 0. The van der Waals surface area contributed by atoms with Crippen LogP contribution in [0.5, 0.6) is 0 Å². The summed E-state index contributed by atoms with van der Waals surface area (Å²) in [6.07, 6.45) is 1.36. The van der Waals surface area contributed by atoms with E-state index >= 15 is 0 Å². The lowest BCUT2D eigenvalue weighted by Crippen LogP contribution is -2.35. The summed E-state index contributed by atoms with van der Waals surface area (Å²) in [6, 6.07) is 20.8. The van der Waals surface area contributed by atoms with Crippen LogP contribution in [0.15, 0.2) is 60.7 Å². The zero-order valence-corrected chi connectivity index (χ0v) is 12.6. The van der Waals surface area contributed by atoms with Crippen LogP contribution >= 0.6 is 0 Å². The highest BCUT2D eigenvalue weighted by Gasteiger charge is 2.36. The van der Waals surface area contributed by atoms with E-state index < -0.39 is 0 Å². The van der Waals surface area contributed by atoms with Gasteiger partial charge in [0.25, 0.3) is 0 Å². The van der Waals surface area contributed by atoms with Crippen LogP contribution in [-0.4, -0.2) is 23.4 Å². The highest BCUT2D eigenvalue weighted by molar-refractivity contribution is 5.39. The van der Waals surface area contributed by atoms with Crippen molar-refractivity contribution >= 4 is 0 Å². The van der Waals surface area contributed by atoms with Crippen LogP contribution in [0.2, 0.25) is 0 Å². The summed E-state index contributed by atoms with van der Waals surface area (Å²) in [5, 5.41) is 18.9. The molecule has 0 radical (unpaired) electrons. The predicted octanol–water partition coefficient (Wildman–Crippen LogP) is 3.37. The molecule has 2 heteroatoms. The molecule has 0 bridgehead atoms. The highest BCUT2D eigenvalue weighted by Crippen LogP contribution is 2.42. The van der Waals surface area contributed by atoms with Crippen LogP contribution in [0.3, 0.4) is 0 Å². The van der Waals surface area contributed by atoms with E-state index in [0.29, 0.717) is 12.8 Å². The van der Waals surface area contributed by atoms with Crippen molar-refractivity contribution in [1.29, 1.82) is 0 Å². The first-order valence-corrected chi connectivity index (χ1v) is 7.56. The molecule has 0 atom stereocenters. The van der Waals surface area contributed by atoms with Gasteiger partial charge in [0.05, 0.1) is 0 Å². The summed E-state index contributed by atoms with van der Waals surface area (Å²) in [7, 11) is 0. The second-order valence-corrected chi connectivity index (χ2v) is 5.66. The third-order valence-corrected chi connectivity index (χ3v) is 4.52. The van der Waals surface area contributed by atoms with Crippen LogP contribution in [0.4, 0.5) is 0 Å². The first-order valence-electron chi connectivity index (χ1n) is 7.56. The van der Waals surface area contributed by atoms with Gasteiger partial charge in [-0.05, 0) is 29.9 Å². The van der Waals surface area contributed by atoms with Gasteiger partial charge in [0.15, 0.2) is 0 Å². The van der Waals surface area contributed by atoms with Crippen molar-refractivity contribution in [3.8, 4) is 0 Å². The maximum absolute atomic E-state index is 9.44. The molecular formula is C19H24O2. The van der Waals surface area contributed by atoms with Crippen LogP contribution in [-0.2, 0) is 5.41 Å². The van der Waals surface area contributed by atoms with Gasteiger partial charge in [0, 0.05) is 18.6 Å². The van der Waals surface area contributed by atoms with Crippen LogP contribution in [0.25, 0.3) is 0 Å². The maximum Gasteiger partial charge on any atom is 0.0434 e. The Hall–Kier alpha value is -1.64. The minimum Gasteiger partial charge on any atom is -0.396 e. The Balaban J connectivity index is 2.53. The molecule has 2 N–H and O–H groups in total. The summed E-state index contributed by atoms with van der Waals surface area (Å²) in [6.45, 7) is 2.49. The van der Waals surface area contributed by atoms with Crippen molar-refractivity contribution < 1.29 is 10.2 Å². The van der Waals surface area contributed by atoms with E-state index in [0.717, 1.165) is 0 Å². The van der Waals surface area contributed by atoms with Gasteiger partial charge in [-0.25, -0.2) is 0 Å². The number of aliphatic hydroxyl groups is 2. The molecule has 2 aromatic carbocycles. The lowest BCUT2D eigenvalue weighted by atomic mass is 9.65. The molecule has 2 aromatic rings. The smallest absolute Gasteiger partial charge is 0.0434 e. The fourth-order valence-electron chi connectivity index (χ4n) is 3.24. The normalized spacial score (nSPS) is 11.8. The third kappa shape index (κ3) is 3.34. The Morgan fingerprint density at radius 2 is 1.14 bits per heavy atom. The molecule has 0 aliphatic heterocycles. The van der Waals surface area contributed by atoms with Crippen molar-refractivity contribution in [2.75, 3.05) is 13.2 Å². The molecule has 112 valence electrons. The van der Waals surface area contributed by atoms with Crippen molar-refractivity contribution in [2.45, 2.75) is 25.2 Å². The highest BCUT2D eigenvalue weighted by atomic mass is 16.3. The summed E-state index contributed by atoms with van der Waals surface area (Å²) >= 11 is 0. The Morgan fingerprint density at radius 3 is 1.48 bits per heavy atom.